The Morgan fingerprint density at radius 2 is 1.64 bits per heavy atom. The normalized spacial score (nSPS) is 14.8. The van der Waals surface area contributed by atoms with Crippen LogP contribution in [0.5, 0.6) is 0 Å². The molecule has 1 saturated heterocycles. The van der Waals surface area contributed by atoms with Crippen LogP contribution in [-0.2, 0) is 26.2 Å². The lowest BCUT2D eigenvalue weighted by atomic mass is 10.2. The van der Waals surface area contributed by atoms with Crippen LogP contribution in [0.1, 0.15) is 18.4 Å². The second kappa shape index (κ2) is 6.85. The Hall–Kier alpha value is -2.38. The van der Waals surface area contributed by atoms with Crippen molar-refractivity contribution in [2.24, 2.45) is 0 Å². The van der Waals surface area contributed by atoms with Gasteiger partial charge in [0.2, 0.25) is 11.8 Å². The Morgan fingerprint density at radius 3 is 2.24 bits per heavy atom. The van der Waals surface area contributed by atoms with Crippen LogP contribution >= 0.6 is 11.6 Å². The number of hydrogen-bond acceptors (Lipinski definition) is 4. The van der Waals surface area contributed by atoms with E-state index in [1.165, 1.54) is 23.1 Å². The van der Waals surface area contributed by atoms with Gasteiger partial charge in [0.1, 0.15) is 0 Å². The molecule has 0 aliphatic carbocycles. The first kappa shape index (κ1) is 17.4. The van der Waals surface area contributed by atoms with Crippen molar-refractivity contribution in [1.29, 1.82) is 0 Å². The Balaban J connectivity index is 1.75. The van der Waals surface area contributed by atoms with Gasteiger partial charge in [-0.25, -0.2) is 8.42 Å². The van der Waals surface area contributed by atoms with Gasteiger partial charge in [-0.1, -0.05) is 29.8 Å². The van der Waals surface area contributed by atoms with Crippen LogP contribution in [0.4, 0.5) is 5.69 Å². The molecule has 0 radical (unpaired) electrons. The smallest absolute Gasteiger partial charge is 0.261 e. The number of sulfonamides is 1. The summed E-state index contributed by atoms with van der Waals surface area (Å²) in [6, 6.07) is 12.5. The minimum atomic E-state index is -3.75. The molecule has 1 aliphatic rings. The number of carbonyl (C=O) groups excluding carboxylic acids is 2. The zero-order valence-electron chi connectivity index (χ0n) is 13.1. The van der Waals surface area contributed by atoms with E-state index in [0.29, 0.717) is 16.3 Å². The van der Waals surface area contributed by atoms with Gasteiger partial charge in [-0.05, 0) is 35.9 Å². The third-order valence-corrected chi connectivity index (χ3v) is 5.44. The van der Waals surface area contributed by atoms with E-state index in [2.05, 4.69) is 4.72 Å². The van der Waals surface area contributed by atoms with Crippen LogP contribution in [-0.4, -0.2) is 25.1 Å². The molecule has 2 aromatic carbocycles. The van der Waals surface area contributed by atoms with Crippen molar-refractivity contribution in [3.8, 4) is 0 Å². The fourth-order valence-electron chi connectivity index (χ4n) is 2.52. The first-order valence-electron chi connectivity index (χ1n) is 7.56. The molecule has 2 amide bonds. The number of anilines is 1. The first-order valence-corrected chi connectivity index (χ1v) is 9.42. The highest BCUT2D eigenvalue weighted by Crippen LogP contribution is 2.21. The highest BCUT2D eigenvalue weighted by molar-refractivity contribution is 7.92. The first-order chi connectivity index (χ1) is 11.8. The average molecular weight is 379 g/mol. The van der Waals surface area contributed by atoms with Crippen LogP contribution in [0.2, 0.25) is 5.02 Å². The lowest BCUT2D eigenvalue weighted by Gasteiger charge is -2.14. The third-order valence-electron chi connectivity index (χ3n) is 3.81. The summed E-state index contributed by atoms with van der Waals surface area (Å²) in [5.41, 5.74) is 1.05. The number of benzene rings is 2. The van der Waals surface area contributed by atoms with Crippen molar-refractivity contribution in [2.45, 2.75) is 24.3 Å². The van der Waals surface area contributed by atoms with Gasteiger partial charge in [0.05, 0.1) is 17.1 Å². The van der Waals surface area contributed by atoms with Crippen LogP contribution in [0.15, 0.2) is 53.4 Å². The number of nitrogens with one attached hydrogen (secondary N) is 1. The van der Waals surface area contributed by atoms with Crippen molar-refractivity contribution in [3.05, 3.63) is 59.1 Å². The summed E-state index contributed by atoms with van der Waals surface area (Å²) >= 11 is 5.85. The molecule has 1 fully saturated rings. The summed E-state index contributed by atoms with van der Waals surface area (Å²) in [6.07, 6.45) is 0.462. The van der Waals surface area contributed by atoms with Crippen LogP contribution in [0.25, 0.3) is 0 Å². The van der Waals surface area contributed by atoms with Crippen molar-refractivity contribution >= 4 is 39.1 Å². The lowest BCUT2D eigenvalue weighted by molar-refractivity contribution is -0.139. The molecule has 3 rings (SSSR count). The highest BCUT2D eigenvalue weighted by atomic mass is 35.5. The van der Waals surface area contributed by atoms with Crippen molar-refractivity contribution in [1.82, 2.24) is 4.90 Å². The number of likely N-dealkylation sites (tertiary alicyclic amines) is 1. The van der Waals surface area contributed by atoms with Crippen molar-refractivity contribution in [2.75, 3.05) is 4.72 Å². The van der Waals surface area contributed by atoms with E-state index in [0.717, 1.165) is 0 Å². The minimum absolute atomic E-state index is 0.0790. The van der Waals surface area contributed by atoms with E-state index in [4.69, 9.17) is 11.6 Å². The van der Waals surface area contributed by atoms with E-state index in [-0.39, 0.29) is 36.1 Å². The summed E-state index contributed by atoms with van der Waals surface area (Å²) in [7, 11) is -3.75. The summed E-state index contributed by atoms with van der Waals surface area (Å²) < 4.78 is 27.3. The van der Waals surface area contributed by atoms with Gasteiger partial charge >= 0.3 is 0 Å². The Labute approximate surface area is 150 Å². The summed E-state index contributed by atoms with van der Waals surface area (Å²) in [6.45, 7) is 0.152. The fourth-order valence-corrected chi connectivity index (χ4v) is 3.76. The van der Waals surface area contributed by atoms with Gasteiger partial charge in [0.15, 0.2) is 0 Å². The van der Waals surface area contributed by atoms with E-state index in [9.17, 15) is 18.0 Å². The van der Waals surface area contributed by atoms with Crippen LogP contribution < -0.4 is 4.72 Å². The highest BCUT2D eigenvalue weighted by Gasteiger charge is 2.28. The molecule has 2 aromatic rings. The van der Waals surface area contributed by atoms with Crippen LogP contribution in [0, 0.1) is 0 Å². The van der Waals surface area contributed by atoms with E-state index < -0.39 is 10.0 Å². The largest absolute Gasteiger partial charge is 0.280 e. The van der Waals surface area contributed by atoms with Gasteiger partial charge in [-0.15, -0.1) is 0 Å². The SMILES string of the molecule is O=C1CCC(=O)N1Cc1ccc(S(=O)(=O)Nc2cccc(Cl)c2)cc1. The van der Waals surface area contributed by atoms with Crippen molar-refractivity contribution in [3.63, 3.8) is 0 Å². The summed E-state index contributed by atoms with van der Waals surface area (Å²) in [5.74, 6) is -0.409. The van der Waals surface area contributed by atoms with Gasteiger partial charge in [-0.2, -0.15) is 0 Å². The molecule has 6 nitrogen and oxygen atoms in total. The summed E-state index contributed by atoms with van der Waals surface area (Å²) in [4.78, 5) is 24.5. The molecule has 130 valence electrons. The van der Waals surface area contributed by atoms with E-state index in [1.807, 2.05) is 0 Å². The molecule has 1 N–H and O–H groups in total. The van der Waals surface area contributed by atoms with Crippen molar-refractivity contribution < 1.29 is 18.0 Å². The quantitative estimate of drug-likeness (QED) is 0.811. The maximum atomic E-state index is 12.4. The fraction of sp³-hybridized carbons (Fsp3) is 0.176. The topological polar surface area (TPSA) is 83.6 Å². The molecule has 1 aliphatic heterocycles. The maximum Gasteiger partial charge on any atom is 0.261 e. The average Bonchev–Trinajstić information content (AvgIpc) is 2.87. The zero-order chi connectivity index (χ0) is 18.0. The summed E-state index contributed by atoms with van der Waals surface area (Å²) in [5, 5.41) is 0.426. The van der Waals surface area contributed by atoms with Crippen LogP contribution in [0.3, 0.4) is 0 Å². The zero-order valence-corrected chi connectivity index (χ0v) is 14.7. The second-order valence-electron chi connectivity index (χ2n) is 5.63. The molecule has 0 aromatic heterocycles. The predicted molar refractivity (Wildman–Crippen MR) is 93.5 cm³/mol. The molecule has 0 unspecified atom stereocenters. The van der Waals surface area contributed by atoms with E-state index in [1.54, 1.807) is 30.3 Å². The number of rotatable bonds is 5. The molecular weight excluding hydrogens is 364 g/mol. The molecular formula is C17H15ClN2O4S. The standard InChI is InChI=1S/C17H15ClN2O4S/c18-13-2-1-3-14(10-13)19-25(23,24)15-6-4-12(5-7-15)11-20-16(21)8-9-17(20)22/h1-7,10,19H,8-9,11H2. The molecule has 1 heterocycles. The number of carbonyl (C=O) groups is 2. The third kappa shape index (κ3) is 4.00. The molecule has 0 spiro atoms. The predicted octanol–water partition coefficient (Wildman–Crippen LogP) is 2.79. The number of amides is 2. The van der Waals surface area contributed by atoms with Gasteiger partial charge in [0.25, 0.3) is 10.0 Å². The van der Waals surface area contributed by atoms with Gasteiger partial charge in [-0.3, -0.25) is 19.2 Å². The lowest BCUT2D eigenvalue weighted by Crippen LogP contribution is -2.28. The maximum absolute atomic E-state index is 12.4. The number of hydrogen-bond donors (Lipinski definition) is 1. The van der Waals surface area contributed by atoms with Gasteiger partial charge in [0, 0.05) is 17.9 Å². The molecule has 0 atom stereocenters. The Bertz CT molecular complexity index is 910. The molecule has 0 bridgehead atoms. The number of imide groups is 1. The molecule has 0 saturated carbocycles. The number of nitrogens with zero attached hydrogens (tertiary/aromatic N) is 1. The number of halogens is 1. The molecule has 8 heteroatoms. The monoisotopic (exact) mass is 378 g/mol. The Kier molecular flexibility index (Phi) is 4.78. The second-order valence-corrected chi connectivity index (χ2v) is 7.75. The Morgan fingerprint density at radius 1 is 1.00 bits per heavy atom. The van der Waals surface area contributed by atoms with E-state index >= 15 is 0 Å². The minimum Gasteiger partial charge on any atom is -0.280 e. The molecule has 25 heavy (non-hydrogen) atoms. The van der Waals surface area contributed by atoms with Gasteiger partial charge < -0.3 is 0 Å².